The summed E-state index contributed by atoms with van der Waals surface area (Å²) in [6.45, 7) is 31.9. The molecule has 1 heterocycles. The van der Waals surface area contributed by atoms with E-state index in [0.29, 0.717) is 40.1 Å². The van der Waals surface area contributed by atoms with Crippen molar-refractivity contribution >= 4 is 23.5 Å². The molecule has 5 fully saturated rings. The van der Waals surface area contributed by atoms with Gasteiger partial charge in [-0.05, 0) is 145 Å². The molecule has 288 valence electrons. The van der Waals surface area contributed by atoms with E-state index < -0.39 is 5.97 Å². The Morgan fingerprint density at radius 2 is 1.63 bits per heavy atom. The molecule has 0 amide bonds. The van der Waals surface area contributed by atoms with Gasteiger partial charge in [-0.15, -0.1) is 0 Å². The lowest BCUT2D eigenvalue weighted by molar-refractivity contribution is -0.219. The monoisotopic (exact) mass is 730 g/mol. The van der Waals surface area contributed by atoms with Crippen molar-refractivity contribution in [3.8, 4) is 0 Å². The number of benzene rings is 1. The first-order valence-electron chi connectivity index (χ1n) is 21.1. The van der Waals surface area contributed by atoms with Gasteiger partial charge in [0.05, 0.1) is 5.56 Å². The summed E-state index contributed by atoms with van der Waals surface area (Å²) >= 11 is 2.06. The van der Waals surface area contributed by atoms with Gasteiger partial charge < -0.3 is 10.4 Å². The van der Waals surface area contributed by atoms with Crippen LogP contribution >= 0.6 is 11.9 Å². The fourth-order valence-corrected chi connectivity index (χ4v) is 15.1. The van der Waals surface area contributed by atoms with E-state index in [1.165, 1.54) is 107 Å². The SMILES string of the molecule is C=C(C)[C@@H]1CC[C@]2(NCCN3CCN(SCC(C)C)CC3)CC[C@]3(C)[C@H](CC[C@@H]4[C@@]5(C)CC=C(c6ccc(C(=O)O)cc6)C(C)(C)[C@@H]5CC[C@]43C)[C@@H]12. The average molecular weight is 730 g/mol. The zero-order chi connectivity index (χ0) is 37.3. The van der Waals surface area contributed by atoms with Gasteiger partial charge in [-0.2, -0.15) is 0 Å². The van der Waals surface area contributed by atoms with E-state index in [9.17, 15) is 9.90 Å². The third-order valence-electron chi connectivity index (χ3n) is 16.9. The minimum atomic E-state index is -0.851. The predicted molar refractivity (Wildman–Crippen MR) is 219 cm³/mol. The van der Waals surface area contributed by atoms with Crippen molar-refractivity contribution in [3.05, 3.63) is 53.6 Å². The smallest absolute Gasteiger partial charge is 0.335 e. The highest BCUT2D eigenvalue weighted by atomic mass is 32.2. The van der Waals surface area contributed by atoms with Crippen LogP contribution in [0, 0.1) is 57.2 Å². The van der Waals surface area contributed by atoms with E-state index in [1.807, 2.05) is 0 Å². The van der Waals surface area contributed by atoms with Gasteiger partial charge >= 0.3 is 5.97 Å². The summed E-state index contributed by atoms with van der Waals surface area (Å²) < 4.78 is 2.60. The molecule has 52 heavy (non-hydrogen) atoms. The van der Waals surface area contributed by atoms with Crippen LogP contribution in [0.15, 0.2) is 42.5 Å². The Kier molecular flexibility index (Phi) is 10.5. The molecule has 1 saturated heterocycles. The molecule has 0 spiro atoms. The van der Waals surface area contributed by atoms with E-state index >= 15 is 0 Å². The highest BCUT2D eigenvalue weighted by molar-refractivity contribution is 7.97. The number of carboxylic acids is 1. The van der Waals surface area contributed by atoms with Crippen LogP contribution < -0.4 is 5.32 Å². The summed E-state index contributed by atoms with van der Waals surface area (Å²) in [6, 6.07) is 7.68. The minimum Gasteiger partial charge on any atom is -0.478 e. The normalized spacial score (nSPS) is 40.3. The van der Waals surface area contributed by atoms with Crippen LogP contribution in [0.2, 0.25) is 0 Å². The molecule has 2 N–H and O–H groups in total. The molecule has 0 aromatic heterocycles. The Balaban J connectivity index is 1.09. The number of carbonyl (C=O) groups is 1. The number of allylic oxidation sites excluding steroid dienone is 3. The molecule has 1 aromatic rings. The number of carboxylic acid groups (broad SMARTS) is 1. The second-order valence-corrected chi connectivity index (χ2v) is 21.3. The number of nitrogens with one attached hydrogen (secondary N) is 1. The van der Waals surface area contributed by atoms with Crippen molar-refractivity contribution in [3.63, 3.8) is 0 Å². The van der Waals surface area contributed by atoms with Crippen LogP contribution in [-0.2, 0) is 0 Å². The number of nitrogens with zero attached hydrogens (tertiary/aromatic N) is 2. The first-order valence-corrected chi connectivity index (χ1v) is 22.0. The maximum atomic E-state index is 11.6. The molecular formula is C46H71N3O2S. The Morgan fingerprint density at radius 1 is 0.923 bits per heavy atom. The van der Waals surface area contributed by atoms with Crippen molar-refractivity contribution in [2.45, 2.75) is 119 Å². The lowest BCUT2D eigenvalue weighted by Gasteiger charge is -2.72. The van der Waals surface area contributed by atoms with E-state index in [2.05, 4.69) is 107 Å². The van der Waals surface area contributed by atoms with Gasteiger partial charge in [-0.3, -0.25) is 4.90 Å². The lowest BCUT2D eigenvalue weighted by Crippen LogP contribution is -2.68. The highest BCUT2D eigenvalue weighted by Gasteiger charge is 2.70. The summed E-state index contributed by atoms with van der Waals surface area (Å²) in [7, 11) is 0. The molecular weight excluding hydrogens is 659 g/mol. The Bertz CT molecular complexity index is 1530. The Hall–Kier alpha value is -1.60. The molecule has 1 aliphatic heterocycles. The van der Waals surface area contributed by atoms with Gasteiger partial charge in [0.2, 0.25) is 0 Å². The molecule has 0 bridgehead atoms. The second kappa shape index (κ2) is 14.2. The van der Waals surface area contributed by atoms with Crippen LogP contribution in [-0.4, -0.2) is 70.8 Å². The number of hydrogen-bond donors (Lipinski definition) is 2. The van der Waals surface area contributed by atoms with Crippen LogP contribution in [0.5, 0.6) is 0 Å². The number of hydrogen-bond acceptors (Lipinski definition) is 5. The summed E-state index contributed by atoms with van der Waals surface area (Å²) in [5.41, 5.74) is 5.65. The zero-order valence-corrected chi connectivity index (χ0v) is 34.8. The molecule has 6 aliphatic rings. The van der Waals surface area contributed by atoms with E-state index in [1.54, 1.807) is 12.1 Å². The maximum Gasteiger partial charge on any atom is 0.335 e. The van der Waals surface area contributed by atoms with Crippen molar-refractivity contribution in [2.75, 3.05) is 45.0 Å². The fourth-order valence-electron chi connectivity index (χ4n) is 14.1. The molecule has 0 unspecified atom stereocenters. The fraction of sp³-hybridized carbons (Fsp3) is 0.761. The van der Waals surface area contributed by atoms with Crippen LogP contribution in [0.4, 0.5) is 0 Å². The predicted octanol–water partition coefficient (Wildman–Crippen LogP) is 10.3. The minimum absolute atomic E-state index is 0.0402. The molecule has 6 heteroatoms. The zero-order valence-electron chi connectivity index (χ0n) is 34.0. The van der Waals surface area contributed by atoms with Crippen LogP contribution in [0.25, 0.3) is 5.57 Å². The largest absolute Gasteiger partial charge is 0.478 e. The van der Waals surface area contributed by atoms with Crippen LogP contribution in [0.3, 0.4) is 0 Å². The van der Waals surface area contributed by atoms with E-state index in [-0.39, 0.29) is 16.4 Å². The third-order valence-corrected chi connectivity index (χ3v) is 18.5. The van der Waals surface area contributed by atoms with Crippen molar-refractivity contribution in [2.24, 2.45) is 57.2 Å². The average Bonchev–Trinajstić information content (AvgIpc) is 3.48. The molecule has 9 atom stereocenters. The lowest BCUT2D eigenvalue weighted by atomic mass is 9.33. The van der Waals surface area contributed by atoms with Crippen LogP contribution in [0.1, 0.15) is 129 Å². The van der Waals surface area contributed by atoms with Gasteiger partial charge in [0.25, 0.3) is 0 Å². The van der Waals surface area contributed by atoms with Crippen molar-refractivity contribution in [1.82, 2.24) is 14.5 Å². The highest BCUT2D eigenvalue weighted by Crippen LogP contribution is 2.76. The van der Waals surface area contributed by atoms with Gasteiger partial charge in [0, 0.05) is 50.6 Å². The van der Waals surface area contributed by atoms with Crippen molar-refractivity contribution in [1.29, 1.82) is 0 Å². The third kappa shape index (κ3) is 6.30. The summed E-state index contributed by atoms with van der Waals surface area (Å²) in [5.74, 6) is 4.55. The first kappa shape index (κ1) is 38.7. The second-order valence-electron chi connectivity index (χ2n) is 20.2. The topological polar surface area (TPSA) is 55.8 Å². The molecule has 7 rings (SSSR count). The number of aromatic carboxylic acids is 1. The van der Waals surface area contributed by atoms with Gasteiger partial charge in [0.1, 0.15) is 0 Å². The first-order chi connectivity index (χ1) is 24.6. The Labute approximate surface area is 321 Å². The molecule has 5 aliphatic carbocycles. The van der Waals surface area contributed by atoms with Gasteiger partial charge in [-0.1, -0.05) is 90.8 Å². The van der Waals surface area contributed by atoms with Gasteiger partial charge in [0.15, 0.2) is 0 Å². The van der Waals surface area contributed by atoms with E-state index in [0.717, 1.165) is 24.8 Å². The quantitative estimate of drug-likeness (QED) is 0.185. The summed E-state index contributed by atoms with van der Waals surface area (Å²) in [4.78, 5) is 14.3. The van der Waals surface area contributed by atoms with Crippen molar-refractivity contribution < 1.29 is 9.90 Å². The standard InChI is InChI=1S/C46H71N3O2S/c1-31(2)30-52-49-28-26-48(27-29-49)25-24-47-46-21-16-35(32(3)4)40(46)37-14-15-39-43(7)19-17-36(33-10-12-34(13-11-33)41(50)51)42(5,6)38(43)18-20-45(39,9)44(37,8)22-23-46/h10-13,17,31,35,37-40,47H,3,14-16,18-30H2,1-2,4-9H3,(H,50,51)/t35-,37+,38-,39+,40+,43-,44+,45+,46-/m0/s1. The number of piperazine rings is 1. The Morgan fingerprint density at radius 3 is 2.29 bits per heavy atom. The number of rotatable bonds is 10. The molecule has 1 aromatic carbocycles. The molecule has 4 saturated carbocycles. The number of fused-ring (bicyclic) bond motifs is 7. The maximum absolute atomic E-state index is 11.6. The van der Waals surface area contributed by atoms with E-state index in [4.69, 9.17) is 0 Å². The summed E-state index contributed by atoms with van der Waals surface area (Å²) in [5, 5.41) is 13.9. The summed E-state index contributed by atoms with van der Waals surface area (Å²) in [6.07, 6.45) is 14.3. The van der Waals surface area contributed by atoms with Gasteiger partial charge in [-0.25, -0.2) is 9.10 Å². The molecule has 0 radical (unpaired) electrons. The molecule has 5 nitrogen and oxygen atoms in total.